The molecule has 0 bridgehead atoms. The smallest absolute Gasteiger partial charge is 0.234 e. The third-order valence-corrected chi connectivity index (χ3v) is 4.33. The van der Waals surface area contributed by atoms with Gasteiger partial charge in [-0.15, -0.1) is 10.2 Å². The molecule has 0 unspecified atom stereocenters. The first-order valence-corrected chi connectivity index (χ1v) is 5.92. The van der Waals surface area contributed by atoms with Gasteiger partial charge < -0.3 is 10.4 Å². The zero-order chi connectivity index (χ0) is 9.90. The minimum absolute atomic E-state index is 0.0640. The molecule has 0 aliphatic carbocycles. The number of rotatable bonds is 4. The van der Waals surface area contributed by atoms with Gasteiger partial charge in [-0.2, -0.15) is 0 Å². The van der Waals surface area contributed by atoms with E-state index in [0.717, 1.165) is 11.3 Å². The van der Waals surface area contributed by atoms with Crippen molar-refractivity contribution < 1.29 is 13.5 Å². The van der Waals surface area contributed by atoms with E-state index in [9.17, 15) is 8.42 Å². The summed E-state index contributed by atoms with van der Waals surface area (Å²) in [7, 11) is -1.82. The van der Waals surface area contributed by atoms with Gasteiger partial charge in [0.1, 0.15) is 0 Å². The molecular formula is C5H9N3O3S2. The van der Waals surface area contributed by atoms with Crippen LogP contribution < -0.4 is 5.32 Å². The Kier molecular flexibility index (Phi) is 3.17. The van der Waals surface area contributed by atoms with E-state index >= 15 is 0 Å². The standard InChI is InChI=1S/C5H9N3O3S2/c1-6-4-7-8-5(12-4)13(10,11)3-2-9/h9H,2-3H2,1H3,(H,6,7). The molecule has 0 fully saturated rings. The highest BCUT2D eigenvalue weighted by atomic mass is 32.2. The fraction of sp³-hybridized carbons (Fsp3) is 0.600. The summed E-state index contributed by atoms with van der Waals surface area (Å²) in [5.41, 5.74) is 0. The summed E-state index contributed by atoms with van der Waals surface area (Å²) in [4.78, 5) is 0. The van der Waals surface area contributed by atoms with Crippen LogP contribution in [0.3, 0.4) is 0 Å². The van der Waals surface area contributed by atoms with Gasteiger partial charge in [0, 0.05) is 7.05 Å². The fourth-order valence-corrected chi connectivity index (χ4v) is 2.65. The third-order valence-electron chi connectivity index (χ3n) is 1.25. The number of aromatic nitrogens is 2. The average molecular weight is 223 g/mol. The van der Waals surface area contributed by atoms with Crippen molar-refractivity contribution in [1.29, 1.82) is 0 Å². The lowest BCUT2D eigenvalue weighted by atomic mass is 10.9. The van der Waals surface area contributed by atoms with E-state index < -0.39 is 16.4 Å². The van der Waals surface area contributed by atoms with Crippen LogP contribution in [-0.4, -0.2) is 43.1 Å². The summed E-state index contributed by atoms with van der Waals surface area (Å²) in [6.45, 7) is -0.406. The molecule has 2 N–H and O–H groups in total. The van der Waals surface area contributed by atoms with Crippen molar-refractivity contribution in [3.8, 4) is 0 Å². The Labute approximate surface area is 79.5 Å². The third kappa shape index (κ3) is 2.36. The van der Waals surface area contributed by atoms with Crippen molar-refractivity contribution in [2.24, 2.45) is 0 Å². The molecule has 74 valence electrons. The molecule has 0 radical (unpaired) electrons. The number of hydrogen-bond acceptors (Lipinski definition) is 7. The normalized spacial score (nSPS) is 11.5. The van der Waals surface area contributed by atoms with Crippen molar-refractivity contribution in [1.82, 2.24) is 10.2 Å². The van der Waals surface area contributed by atoms with Crippen LogP contribution in [0.4, 0.5) is 5.13 Å². The molecule has 0 aromatic carbocycles. The largest absolute Gasteiger partial charge is 0.395 e. The predicted octanol–water partition coefficient (Wildman–Crippen LogP) is -0.654. The minimum atomic E-state index is -3.44. The van der Waals surface area contributed by atoms with E-state index in [1.807, 2.05) is 0 Å². The first kappa shape index (κ1) is 10.4. The Balaban J connectivity index is 2.94. The maximum atomic E-state index is 11.3. The maximum absolute atomic E-state index is 11.3. The highest BCUT2D eigenvalue weighted by Gasteiger charge is 2.18. The van der Waals surface area contributed by atoms with Crippen LogP contribution in [0.2, 0.25) is 0 Å². The Morgan fingerprint density at radius 3 is 2.69 bits per heavy atom. The zero-order valence-electron chi connectivity index (χ0n) is 6.89. The van der Waals surface area contributed by atoms with Gasteiger partial charge in [-0.1, -0.05) is 11.3 Å². The molecule has 0 aliphatic heterocycles. The molecule has 1 aromatic rings. The van der Waals surface area contributed by atoms with Crippen LogP contribution in [0.5, 0.6) is 0 Å². The maximum Gasteiger partial charge on any atom is 0.234 e. The number of aliphatic hydroxyl groups is 1. The second-order valence-corrected chi connectivity index (χ2v) is 5.43. The van der Waals surface area contributed by atoms with Gasteiger partial charge in [0.05, 0.1) is 12.4 Å². The molecule has 8 heteroatoms. The van der Waals surface area contributed by atoms with Crippen molar-refractivity contribution in [2.45, 2.75) is 4.34 Å². The predicted molar refractivity (Wildman–Crippen MR) is 48.6 cm³/mol. The summed E-state index contributed by atoms with van der Waals surface area (Å²) >= 11 is 0.947. The van der Waals surface area contributed by atoms with Crippen LogP contribution >= 0.6 is 11.3 Å². The molecule has 0 saturated heterocycles. The quantitative estimate of drug-likeness (QED) is 0.704. The van der Waals surface area contributed by atoms with E-state index in [1.165, 1.54) is 0 Å². The summed E-state index contributed by atoms with van der Waals surface area (Å²) in [5, 5.41) is 18.7. The van der Waals surface area contributed by atoms with Gasteiger partial charge in [0.2, 0.25) is 19.3 Å². The molecule has 1 aromatic heterocycles. The van der Waals surface area contributed by atoms with Gasteiger partial charge in [-0.3, -0.25) is 0 Å². The fourth-order valence-electron chi connectivity index (χ4n) is 0.644. The van der Waals surface area contributed by atoms with Crippen LogP contribution in [0.15, 0.2) is 4.34 Å². The summed E-state index contributed by atoms with van der Waals surface area (Å²) < 4.78 is 22.5. The van der Waals surface area contributed by atoms with E-state index in [1.54, 1.807) is 7.05 Å². The number of aliphatic hydroxyl groups excluding tert-OH is 1. The number of hydrogen-bond donors (Lipinski definition) is 2. The van der Waals surface area contributed by atoms with E-state index in [-0.39, 0.29) is 10.1 Å². The molecule has 6 nitrogen and oxygen atoms in total. The van der Waals surface area contributed by atoms with Crippen LogP contribution in [-0.2, 0) is 9.84 Å². The zero-order valence-corrected chi connectivity index (χ0v) is 8.52. The van der Waals surface area contributed by atoms with Crippen molar-refractivity contribution in [2.75, 3.05) is 24.7 Å². The van der Waals surface area contributed by atoms with Gasteiger partial charge in [0.15, 0.2) is 0 Å². The first-order valence-electron chi connectivity index (χ1n) is 3.45. The first-order chi connectivity index (χ1) is 6.10. The SMILES string of the molecule is CNc1nnc(S(=O)(=O)CCO)s1. The lowest BCUT2D eigenvalue weighted by Gasteiger charge is -1.93. The van der Waals surface area contributed by atoms with Crippen molar-refractivity contribution >= 4 is 26.3 Å². The number of sulfone groups is 1. The lowest BCUT2D eigenvalue weighted by molar-refractivity contribution is 0.319. The Morgan fingerprint density at radius 2 is 2.23 bits per heavy atom. The molecule has 1 rings (SSSR count). The highest BCUT2D eigenvalue weighted by Crippen LogP contribution is 2.19. The van der Waals surface area contributed by atoms with E-state index in [4.69, 9.17) is 5.11 Å². The molecule has 0 spiro atoms. The monoisotopic (exact) mass is 223 g/mol. The van der Waals surface area contributed by atoms with Crippen LogP contribution in [0.1, 0.15) is 0 Å². The van der Waals surface area contributed by atoms with E-state index in [0.29, 0.717) is 5.13 Å². The number of nitrogens with zero attached hydrogens (tertiary/aromatic N) is 2. The van der Waals surface area contributed by atoms with Gasteiger partial charge in [-0.05, 0) is 0 Å². The van der Waals surface area contributed by atoms with Crippen molar-refractivity contribution in [3.63, 3.8) is 0 Å². The Morgan fingerprint density at radius 1 is 1.54 bits per heavy atom. The Bertz CT molecular complexity index is 372. The van der Waals surface area contributed by atoms with Gasteiger partial charge >= 0.3 is 0 Å². The number of anilines is 1. The summed E-state index contributed by atoms with van der Waals surface area (Å²) in [6, 6.07) is 0. The molecule has 0 atom stereocenters. The summed E-state index contributed by atoms with van der Waals surface area (Å²) in [5.74, 6) is -0.314. The molecular weight excluding hydrogens is 214 g/mol. The van der Waals surface area contributed by atoms with Crippen LogP contribution in [0, 0.1) is 0 Å². The van der Waals surface area contributed by atoms with E-state index in [2.05, 4.69) is 15.5 Å². The highest BCUT2D eigenvalue weighted by molar-refractivity contribution is 7.93. The molecule has 13 heavy (non-hydrogen) atoms. The van der Waals surface area contributed by atoms with Crippen LogP contribution in [0.25, 0.3) is 0 Å². The van der Waals surface area contributed by atoms with Gasteiger partial charge in [-0.25, -0.2) is 8.42 Å². The minimum Gasteiger partial charge on any atom is -0.395 e. The molecule has 0 aliphatic rings. The second kappa shape index (κ2) is 3.99. The topological polar surface area (TPSA) is 92.2 Å². The lowest BCUT2D eigenvalue weighted by Crippen LogP contribution is -2.09. The molecule has 0 saturated carbocycles. The van der Waals surface area contributed by atoms with Gasteiger partial charge in [0.25, 0.3) is 0 Å². The second-order valence-electron chi connectivity index (χ2n) is 2.17. The summed E-state index contributed by atoms with van der Waals surface area (Å²) in [6.07, 6.45) is 0. The molecule has 1 heterocycles. The average Bonchev–Trinajstić information content (AvgIpc) is 2.52. The Hall–Kier alpha value is -0.730. The molecule has 0 amide bonds. The van der Waals surface area contributed by atoms with Crippen molar-refractivity contribution in [3.05, 3.63) is 0 Å². The number of nitrogens with one attached hydrogen (secondary N) is 1.